The highest BCUT2D eigenvalue weighted by atomic mass is 79.9. The number of carbonyl (C=O) groups is 1. The monoisotopic (exact) mass is 289 g/mol. The summed E-state index contributed by atoms with van der Waals surface area (Å²) in [6.45, 7) is 3.62. The van der Waals surface area contributed by atoms with Crippen LogP contribution in [0.5, 0.6) is 0 Å². The molecule has 0 heterocycles. The molecule has 1 amide bonds. The third kappa shape index (κ3) is 3.21. The first-order valence-corrected chi connectivity index (χ1v) is 5.92. The molecule has 82 valence electrons. The number of carbonyl (C=O) groups excluding carboxylic acids is 1. The van der Waals surface area contributed by atoms with Crippen molar-refractivity contribution in [1.29, 1.82) is 0 Å². The molecule has 0 fully saturated rings. The van der Waals surface area contributed by atoms with Crippen LogP contribution in [0.3, 0.4) is 0 Å². The molecule has 0 radical (unpaired) electrons. The van der Waals surface area contributed by atoms with Gasteiger partial charge in [-0.3, -0.25) is 4.79 Å². The molecule has 1 aromatic rings. The number of nitrogens with one attached hydrogen (secondary N) is 1. The van der Waals surface area contributed by atoms with E-state index in [0.29, 0.717) is 5.88 Å². The highest BCUT2D eigenvalue weighted by molar-refractivity contribution is 9.10. The van der Waals surface area contributed by atoms with Gasteiger partial charge in [-0.15, -0.1) is 11.6 Å². The summed E-state index contributed by atoms with van der Waals surface area (Å²) in [6, 6.07) is 7.48. The summed E-state index contributed by atoms with van der Waals surface area (Å²) in [7, 11) is 0. The first kappa shape index (κ1) is 12.5. The Morgan fingerprint density at radius 1 is 1.47 bits per heavy atom. The van der Waals surface area contributed by atoms with E-state index in [1.807, 2.05) is 38.1 Å². The van der Waals surface area contributed by atoms with Gasteiger partial charge in [-0.1, -0.05) is 12.1 Å². The predicted octanol–water partition coefficient (Wildman–Crippen LogP) is 3.65. The van der Waals surface area contributed by atoms with Crippen LogP contribution in [-0.4, -0.2) is 11.8 Å². The van der Waals surface area contributed by atoms with Crippen molar-refractivity contribution < 1.29 is 4.79 Å². The van der Waals surface area contributed by atoms with Gasteiger partial charge in [-0.2, -0.15) is 0 Å². The van der Waals surface area contributed by atoms with Gasteiger partial charge >= 0.3 is 0 Å². The fourth-order valence-electron chi connectivity index (χ4n) is 0.915. The van der Waals surface area contributed by atoms with E-state index in [1.54, 1.807) is 0 Å². The van der Waals surface area contributed by atoms with Crippen LogP contribution in [0.15, 0.2) is 28.7 Å². The number of rotatable bonds is 3. The first-order valence-electron chi connectivity index (χ1n) is 4.59. The van der Waals surface area contributed by atoms with Gasteiger partial charge in [0.2, 0.25) is 5.91 Å². The molecule has 1 rings (SSSR count). The highest BCUT2D eigenvalue weighted by Gasteiger charge is 2.26. The van der Waals surface area contributed by atoms with E-state index in [2.05, 4.69) is 21.2 Å². The molecule has 2 nitrogen and oxygen atoms in total. The lowest BCUT2D eigenvalue weighted by molar-refractivity contribution is -0.122. The number of benzene rings is 1. The number of hydrogen-bond acceptors (Lipinski definition) is 1. The summed E-state index contributed by atoms with van der Waals surface area (Å²) >= 11 is 9.09. The van der Waals surface area contributed by atoms with Crippen LogP contribution < -0.4 is 5.32 Å². The van der Waals surface area contributed by atoms with Crippen LogP contribution >= 0.6 is 27.5 Å². The minimum Gasteiger partial charge on any atom is -0.325 e. The molecule has 1 aromatic carbocycles. The Labute approximate surface area is 103 Å². The Hall–Kier alpha value is -0.540. The van der Waals surface area contributed by atoms with Crippen LogP contribution in [0.1, 0.15) is 13.8 Å². The smallest absolute Gasteiger partial charge is 0.231 e. The van der Waals surface area contributed by atoms with Crippen LogP contribution in [0.2, 0.25) is 0 Å². The molecule has 4 heteroatoms. The topological polar surface area (TPSA) is 29.1 Å². The van der Waals surface area contributed by atoms with E-state index in [9.17, 15) is 4.79 Å². The van der Waals surface area contributed by atoms with Crippen molar-refractivity contribution in [1.82, 2.24) is 0 Å². The summed E-state index contributed by atoms with van der Waals surface area (Å²) in [4.78, 5) is 11.8. The van der Waals surface area contributed by atoms with E-state index in [4.69, 9.17) is 11.6 Å². The molecule has 0 spiro atoms. The van der Waals surface area contributed by atoms with Gasteiger partial charge in [0.15, 0.2) is 0 Å². The molecule has 0 aromatic heterocycles. The summed E-state index contributed by atoms with van der Waals surface area (Å²) in [5.74, 6) is 0.216. The molecule has 0 unspecified atom stereocenters. The highest BCUT2D eigenvalue weighted by Crippen LogP contribution is 2.25. The zero-order valence-corrected chi connectivity index (χ0v) is 11.0. The van der Waals surface area contributed by atoms with E-state index >= 15 is 0 Å². The van der Waals surface area contributed by atoms with Crippen LogP contribution in [-0.2, 0) is 4.79 Å². The van der Waals surface area contributed by atoms with Crippen molar-refractivity contribution in [3.05, 3.63) is 28.7 Å². The maximum absolute atomic E-state index is 11.8. The molecule has 0 saturated heterocycles. The fourth-order valence-corrected chi connectivity index (χ4v) is 1.42. The van der Waals surface area contributed by atoms with E-state index in [0.717, 1.165) is 10.2 Å². The number of para-hydroxylation sites is 1. The van der Waals surface area contributed by atoms with Gasteiger partial charge in [-0.05, 0) is 41.9 Å². The van der Waals surface area contributed by atoms with Crippen LogP contribution in [0.25, 0.3) is 0 Å². The van der Waals surface area contributed by atoms with Gasteiger partial charge in [0.1, 0.15) is 0 Å². The van der Waals surface area contributed by atoms with Crippen molar-refractivity contribution >= 4 is 39.1 Å². The lowest BCUT2D eigenvalue weighted by Crippen LogP contribution is -2.32. The van der Waals surface area contributed by atoms with E-state index in [1.165, 1.54) is 0 Å². The lowest BCUT2D eigenvalue weighted by Gasteiger charge is -2.20. The van der Waals surface area contributed by atoms with Crippen molar-refractivity contribution in [3.8, 4) is 0 Å². The molecular weight excluding hydrogens is 277 g/mol. The number of amides is 1. The Morgan fingerprint density at radius 3 is 2.60 bits per heavy atom. The molecular formula is C11H13BrClNO. The molecule has 1 N–H and O–H groups in total. The quantitative estimate of drug-likeness (QED) is 0.846. The molecule has 0 aliphatic heterocycles. The fraction of sp³-hybridized carbons (Fsp3) is 0.364. The largest absolute Gasteiger partial charge is 0.325 e. The minimum atomic E-state index is -0.559. The van der Waals surface area contributed by atoms with Crippen molar-refractivity contribution in [2.45, 2.75) is 13.8 Å². The number of alkyl halides is 1. The second-order valence-corrected chi connectivity index (χ2v) is 5.07. The maximum atomic E-state index is 11.8. The normalized spacial score (nSPS) is 11.2. The third-order valence-electron chi connectivity index (χ3n) is 2.07. The lowest BCUT2D eigenvalue weighted by atomic mass is 9.95. The Kier molecular flexibility index (Phi) is 4.17. The Balaban J connectivity index is 2.80. The Morgan fingerprint density at radius 2 is 2.07 bits per heavy atom. The van der Waals surface area contributed by atoms with Crippen molar-refractivity contribution in [3.63, 3.8) is 0 Å². The summed E-state index contributed by atoms with van der Waals surface area (Å²) < 4.78 is 0.865. The molecule has 15 heavy (non-hydrogen) atoms. The van der Waals surface area contributed by atoms with Crippen molar-refractivity contribution in [2.24, 2.45) is 5.41 Å². The van der Waals surface area contributed by atoms with Crippen LogP contribution in [0, 0.1) is 5.41 Å². The second-order valence-electron chi connectivity index (χ2n) is 3.95. The molecule has 0 bridgehead atoms. The average Bonchev–Trinajstić information content (AvgIpc) is 2.21. The SMILES string of the molecule is CC(C)(CCl)C(=O)Nc1ccccc1Br. The van der Waals surface area contributed by atoms with Gasteiger partial charge in [0.05, 0.1) is 11.1 Å². The molecule has 0 aliphatic rings. The summed E-state index contributed by atoms with van der Waals surface area (Å²) in [5.41, 5.74) is 0.206. The summed E-state index contributed by atoms with van der Waals surface area (Å²) in [5, 5.41) is 2.83. The summed E-state index contributed by atoms with van der Waals surface area (Å²) in [6.07, 6.45) is 0. The minimum absolute atomic E-state index is 0.0793. The Bertz CT molecular complexity index is 365. The van der Waals surface area contributed by atoms with Crippen molar-refractivity contribution in [2.75, 3.05) is 11.2 Å². The zero-order chi connectivity index (χ0) is 11.5. The average molecular weight is 291 g/mol. The number of anilines is 1. The zero-order valence-electron chi connectivity index (χ0n) is 8.68. The third-order valence-corrected chi connectivity index (χ3v) is 3.43. The van der Waals surface area contributed by atoms with Crippen LogP contribution in [0.4, 0.5) is 5.69 Å². The number of hydrogen-bond donors (Lipinski definition) is 1. The standard InChI is InChI=1S/C11H13BrClNO/c1-11(2,7-13)10(15)14-9-6-4-3-5-8(9)12/h3-6H,7H2,1-2H3,(H,14,15). The van der Waals surface area contributed by atoms with Gasteiger partial charge < -0.3 is 5.32 Å². The maximum Gasteiger partial charge on any atom is 0.231 e. The second kappa shape index (κ2) is 4.99. The molecule has 0 atom stereocenters. The molecule has 0 aliphatic carbocycles. The van der Waals surface area contributed by atoms with E-state index in [-0.39, 0.29) is 5.91 Å². The van der Waals surface area contributed by atoms with Gasteiger partial charge in [0, 0.05) is 10.4 Å². The first-order chi connectivity index (χ1) is 6.97. The van der Waals surface area contributed by atoms with E-state index < -0.39 is 5.41 Å². The van der Waals surface area contributed by atoms with Gasteiger partial charge in [0.25, 0.3) is 0 Å². The number of halogens is 2. The molecule has 0 saturated carbocycles. The van der Waals surface area contributed by atoms with Gasteiger partial charge in [-0.25, -0.2) is 0 Å². The predicted molar refractivity (Wildman–Crippen MR) is 67.3 cm³/mol.